The Labute approximate surface area is 142 Å². The Kier molecular flexibility index (Phi) is 4.00. The lowest BCUT2D eigenvalue weighted by atomic mass is 10.2. The second kappa shape index (κ2) is 6.30. The summed E-state index contributed by atoms with van der Waals surface area (Å²) in [4.78, 5) is 18.1. The quantitative estimate of drug-likeness (QED) is 0.694. The van der Waals surface area contributed by atoms with Gasteiger partial charge in [-0.25, -0.2) is 15.0 Å². The first kappa shape index (κ1) is 15.2. The first-order valence-electron chi connectivity index (χ1n) is 8.81. The van der Waals surface area contributed by atoms with Crippen molar-refractivity contribution in [3.05, 3.63) is 48.1 Å². The summed E-state index contributed by atoms with van der Waals surface area (Å²) in [6.07, 6.45) is 11.3. The van der Waals surface area contributed by atoms with Crippen LogP contribution in [-0.2, 0) is 12.8 Å². The zero-order chi connectivity index (χ0) is 16.5. The van der Waals surface area contributed by atoms with E-state index in [0.717, 1.165) is 47.0 Å². The molecule has 3 heterocycles. The van der Waals surface area contributed by atoms with Crippen LogP contribution in [-0.4, -0.2) is 24.5 Å². The average Bonchev–Trinajstić information content (AvgIpc) is 3.31. The molecule has 0 unspecified atom stereocenters. The van der Waals surface area contributed by atoms with Crippen LogP contribution in [0.3, 0.4) is 0 Å². The van der Waals surface area contributed by atoms with E-state index in [1.54, 1.807) is 0 Å². The van der Waals surface area contributed by atoms with Crippen molar-refractivity contribution in [1.29, 1.82) is 0 Å². The van der Waals surface area contributed by atoms with Crippen LogP contribution in [0.15, 0.2) is 30.9 Å². The minimum Gasteiger partial charge on any atom is -0.328 e. The minimum atomic E-state index is 0.387. The van der Waals surface area contributed by atoms with Gasteiger partial charge in [-0.2, -0.15) is 0 Å². The molecule has 1 fully saturated rings. The lowest BCUT2D eigenvalue weighted by molar-refractivity contribution is 0.617. The van der Waals surface area contributed by atoms with Crippen LogP contribution >= 0.6 is 0 Å². The molecule has 0 atom stereocenters. The van der Waals surface area contributed by atoms with Gasteiger partial charge in [0.25, 0.3) is 0 Å². The summed E-state index contributed by atoms with van der Waals surface area (Å²) in [7, 11) is 0. The van der Waals surface area contributed by atoms with Crippen LogP contribution in [0.25, 0.3) is 11.0 Å². The molecule has 1 aliphatic rings. The van der Waals surface area contributed by atoms with Gasteiger partial charge in [0.05, 0.1) is 23.7 Å². The molecule has 3 aromatic heterocycles. The molecule has 5 heteroatoms. The van der Waals surface area contributed by atoms with Crippen LogP contribution in [0.1, 0.15) is 56.4 Å². The van der Waals surface area contributed by atoms with E-state index in [9.17, 15) is 0 Å². The minimum absolute atomic E-state index is 0.387. The van der Waals surface area contributed by atoms with Gasteiger partial charge in [-0.05, 0) is 38.3 Å². The molecular weight excluding hydrogens is 298 g/mol. The number of pyridine rings is 1. The number of imidazole rings is 1. The van der Waals surface area contributed by atoms with Gasteiger partial charge >= 0.3 is 0 Å². The molecule has 124 valence electrons. The highest BCUT2D eigenvalue weighted by Crippen LogP contribution is 2.33. The SMILES string of the molecule is CC(C)n1cnc2cnc(Cc3ccnc(CCC4CC4)n3)cc21. The third-order valence-corrected chi connectivity index (χ3v) is 4.67. The normalized spacial score (nSPS) is 14.6. The number of nitrogens with zero attached hydrogens (tertiary/aromatic N) is 5. The van der Waals surface area contributed by atoms with Crippen LogP contribution < -0.4 is 0 Å². The fourth-order valence-corrected chi connectivity index (χ4v) is 3.07. The molecule has 0 amide bonds. The van der Waals surface area contributed by atoms with Gasteiger partial charge in [0.15, 0.2) is 0 Å². The highest BCUT2D eigenvalue weighted by Gasteiger charge is 2.21. The van der Waals surface area contributed by atoms with Gasteiger partial charge in [-0.1, -0.05) is 12.8 Å². The molecule has 1 aliphatic carbocycles. The summed E-state index contributed by atoms with van der Waals surface area (Å²) in [5, 5.41) is 0. The number of aryl methyl sites for hydroxylation is 1. The first-order chi connectivity index (χ1) is 11.7. The van der Waals surface area contributed by atoms with Crippen molar-refractivity contribution in [3.63, 3.8) is 0 Å². The van der Waals surface area contributed by atoms with Crippen molar-refractivity contribution in [3.8, 4) is 0 Å². The van der Waals surface area contributed by atoms with E-state index in [1.807, 2.05) is 24.8 Å². The lowest BCUT2D eigenvalue weighted by Crippen LogP contribution is -2.02. The molecule has 0 N–H and O–H groups in total. The molecular formula is C19H23N5. The summed E-state index contributed by atoms with van der Waals surface area (Å²) < 4.78 is 2.18. The van der Waals surface area contributed by atoms with E-state index < -0.39 is 0 Å². The lowest BCUT2D eigenvalue weighted by Gasteiger charge is -2.08. The van der Waals surface area contributed by atoms with Gasteiger partial charge in [-0.15, -0.1) is 0 Å². The Morgan fingerprint density at radius 1 is 1.17 bits per heavy atom. The molecule has 24 heavy (non-hydrogen) atoms. The molecule has 3 aromatic rings. The Hall–Kier alpha value is -2.30. The zero-order valence-corrected chi connectivity index (χ0v) is 14.3. The van der Waals surface area contributed by atoms with E-state index in [4.69, 9.17) is 4.98 Å². The highest BCUT2D eigenvalue weighted by atomic mass is 15.1. The van der Waals surface area contributed by atoms with E-state index >= 15 is 0 Å². The van der Waals surface area contributed by atoms with Crippen LogP contribution in [0.5, 0.6) is 0 Å². The number of hydrogen-bond donors (Lipinski definition) is 0. The topological polar surface area (TPSA) is 56.5 Å². The predicted molar refractivity (Wildman–Crippen MR) is 93.8 cm³/mol. The number of rotatable bonds is 6. The third kappa shape index (κ3) is 3.30. The Bertz CT molecular complexity index is 848. The standard InChI is InChI=1S/C19H23N5/c1-13(2)24-12-22-17-11-21-16(10-18(17)24)9-15-7-8-20-19(23-15)6-5-14-3-4-14/h7-8,10-14H,3-6,9H2,1-2H3. The number of hydrogen-bond acceptors (Lipinski definition) is 4. The van der Waals surface area contributed by atoms with Crippen molar-refractivity contribution >= 4 is 11.0 Å². The van der Waals surface area contributed by atoms with E-state index in [1.165, 1.54) is 19.3 Å². The van der Waals surface area contributed by atoms with Gasteiger partial charge < -0.3 is 4.57 Å². The molecule has 4 rings (SSSR count). The maximum atomic E-state index is 4.72. The molecule has 0 aliphatic heterocycles. The number of aromatic nitrogens is 5. The second-order valence-electron chi connectivity index (χ2n) is 7.03. The third-order valence-electron chi connectivity index (χ3n) is 4.67. The van der Waals surface area contributed by atoms with Crippen molar-refractivity contribution in [2.45, 2.75) is 52.0 Å². The van der Waals surface area contributed by atoms with Crippen molar-refractivity contribution in [1.82, 2.24) is 24.5 Å². The molecule has 0 aromatic carbocycles. The average molecular weight is 321 g/mol. The van der Waals surface area contributed by atoms with Crippen molar-refractivity contribution in [2.24, 2.45) is 5.92 Å². The highest BCUT2D eigenvalue weighted by molar-refractivity contribution is 5.74. The molecule has 0 saturated heterocycles. The monoisotopic (exact) mass is 321 g/mol. The van der Waals surface area contributed by atoms with Crippen molar-refractivity contribution < 1.29 is 0 Å². The molecule has 0 spiro atoms. The summed E-state index contributed by atoms with van der Waals surface area (Å²) in [5.41, 5.74) is 4.15. The molecule has 1 saturated carbocycles. The summed E-state index contributed by atoms with van der Waals surface area (Å²) >= 11 is 0. The van der Waals surface area contributed by atoms with Crippen LogP contribution in [0, 0.1) is 5.92 Å². The van der Waals surface area contributed by atoms with Crippen molar-refractivity contribution in [2.75, 3.05) is 0 Å². The molecule has 5 nitrogen and oxygen atoms in total. The fourth-order valence-electron chi connectivity index (χ4n) is 3.07. The summed E-state index contributed by atoms with van der Waals surface area (Å²) in [6, 6.07) is 4.51. The predicted octanol–water partition coefficient (Wildman–Crippen LogP) is 3.74. The summed E-state index contributed by atoms with van der Waals surface area (Å²) in [5.74, 6) is 1.88. The Balaban J connectivity index is 1.54. The second-order valence-corrected chi connectivity index (χ2v) is 7.03. The van der Waals surface area contributed by atoms with Gasteiger partial charge in [0.2, 0.25) is 0 Å². The van der Waals surface area contributed by atoms with E-state index in [2.05, 4.69) is 39.4 Å². The smallest absolute Gasteiger partial charge is 0.128 e. The van der Waals surface area contributed by atoms with E-state index in [-0.39, 0.29) is 0 Å². The first-order valence-corrected chi connectivity index (χ1v) is 8.81. The van der Waals surface area contributed by atoms with E-state index in [0.29, 0.717) is 6.04 Å². The van der Waals surface area contributed by atoms with Gasteiger partial charge in [-0.3, -0.25) is 4.98 Å². The molecule has 0 radical (unpaired) electrons. The zero-order valence-electron chi connectivity index (χ0n) is 14.3. The van der Waals surface area contributed by atoms with Crippen LogP contribution in [0.4, 0.5) is 0 Å². The Morgan fingerprint density at radius 2 is 2.04 bits per heavy atom. The van der Waals surface area contributed by atoms with Gasteiger partial charge in [0.1, 0.15) is 11.3 Å². The fraction of sp³-hybridized carbons (Fsp3) is 0.474. The molecule has 0 bridgehead atoms. The maximum absolute atomic E-state index is 4.72. The Morgan fingerprint density at radius 3 is 2.83 bits per heavy atom. The number of fused-ring (bicyclic) bond motifs is 1. The summed E-state index contributed by atoms with van der Waals surface area (Å²) in [6.45, 7) is 4.33. The van der Waals surface area contributed by atoms with Gasteiger partial charge in [0, 0.05) is 30.8 Å². The largest absolute Gasteiger partial charge is 0.328 e. The van der Waals surface area contributed by atoms with Crippen LogP contribution in [0.2, 0.25) is 0 Å². The maximum Gasteiger partial charge on any atom is 0.128 e.